The number of sulfone groups is 1. The Kier molecular flexibility index (Phi) is 14.7. The lowest BCUT2D eigenvalue weighted by Crippen LogP contribution is -2.68. The first-order valence-corrected chi connectivity index (χ1v) is 24.5. The van der Waals surface area contributed by atoms with E-state index in [0.717, 1.165) is 27.4 Å². The van der Waals surface area contributed by atoms with Gasteiger partial charge in [0.1, 0.15) is 11.6 Å². The minimum absolute atomic E-state index is 0.312. The summed E-state index contributed by atoms with van der Waals surface area (Å²) in [4.78, 5) is 3.35. The molecule has 0 saturated carbocycles. The summed E-state index contributed by atoms with van der Waals surface area (Å²) in [6, 6.07) is 31.5. The maximum absolute atomic E-state index is 15.0. The van der Waals surface area contributed by atoms with E-state index in [4.69, 9.17) is 9.56 Å². The summed E-state index contributed by atoms with van der Waals surface area (Å²) in [6.45, 7) is 9.32. The Labute approximate surface area is 339 Å². The number of thioether (sulfide) groups is 1. The second-order valence-corrected chi connectivity index (χ2v) is 23.9. The zero-order valence-electron chi connectivity index (χ0n) is 32.2. The molecular formula is C40H50F4N4O5S3Si. The van der Waals surface area contributed by atoms with Gasteiger partial charge in [0.25, 0.3) is 18.2 Å². The second-order valence-electron chi connectivity index (χ2n) is 15.1. The zero-order valence-corrected chi connectivity index (χ0v) is 35.6. The van der Waals surface area contributed by atoms with Crippen LogP contribution in [0.25, 0.3) is 0 Å². The van der Waals surface area contributed by atoms with E-state index < -0.39 is 62.3 Å². The minimum atomic E-state index is -5.95. The lowest BCUT2D eigenvalue weighted by molar-refractivity contribution is -0.0435. The summed E-state index contributed by atoms with van der Waals surface area (Å²) in [5, 5.41) is 9.97. The van der Waals surface area contributed by atoms with Crippen molar-refractivity contribution in [2.75, 3.05) is 57.0 Å². The van der Waals surface area contributed by atoms with E-state index in [9.17, 15) is 34.4 Å². The molecule has 1 fully saturated rings. The molecule has 0 aliphatic carbocycles. The average molecular weight is 867 g/mol. The minimum Gasteiger partial charge on any atom is -0.400 e. The highest BCUT2D eigenvalue weighted by Crippen LogP contribution is 2.38. The number of nitrogens with one attached hydrogen (secondary N) is 1. The lowest BCUT2D eigenvalue weighted by atomic mass is 10.2. The number of hydrogen-bond acceptors (Lipinski definition) is 9. The molecule has 0 radical (unpaired) electrons. The third-order valence-corrected chi connectivity index (χ3v) is 18.8. The van der Waals surface area contributed by atoms with Crippen molar-refractivity contribution in [3.63, 3.8) is 0 Å². The molecule has 4 aromatic rings. The van der Waals surface area contributed by atoms with E-state index in [1.807, 2.05) is 66.7 Å². The van der Waals surface area contributed by atoms with Gasteiger partial charge in [0.15, 0.2) is 0 Å². The van der Waals surface area contributed by atoms with Gasteiger partial charge in [0.2, 0.25) is 10.0 Å². The summed E-state index contributed by atoms with van der Waals surface area (Å²) in [5.74, 6) is 0.365. The van der Waals surface area contributed by atoms with E-state index in [0.29, 0.717) is 57.5 Å². The number of piperazine rings is 1. The summed E-state index contributed by atoms with van der Waals surface area (Å²) in [6.07, 6.45) is -0.249. The van der Waals surface area contributed by atoms with E-state index in [2.05, 4.69) is 60.2 Å². The molecule has 310 valence electrons. The molecule has 1 aliphatic heterocycles. The van der Waals surface area contributed by atoms with Crippen LogP contribution in [0.2, 0.25) is 5.04 Å². The molecule has 5 rings (SSSR count). The van der Waals surface area contributed by atoms with Crippen molar-refractivity contribution in [2.24, 2.45) is 5.14 Å². The Morgan fingerprint density at radius 3 is 1.82 bits per heavy atom. The lowest BCUT2D eigenvalue weighted by Gasteiger charge is -2.46. The fraction of sp³-hybridized carbons (Fsp3) is 0.400. The third kappa shape index (κ3) is 11.1. The van der Waals surface area contributed by atoms with E-state index in [1.165, 1.54) is 11.8 Å². The monoisotopic (exact) mass is 866 g/mol. The summed E-state index contributed by atoms with van der Waals surface area (Å²) in [5.41, 5.74) is -6.05. The normalized spacial score (nSPS) is 16.3. The number of primary sulfonamides is 1. The number of rotatable bonds is 17. The van der Waals surface area contributed by atoms with Crippen molar-refractivity contribution >= 4 is 56.0 Å². The van der Waals surface area contributed by atoms with Gasteiger partial charge in [-0.05, 0) is 52.2 Å². The SMILES string of the molecule is CC(C)(C)[Si](O[C@H](CF)CN1CCN(CC[C@H](CSc2ccccc2)Nc2ccc(S(N)(=O)=O)cc2S(=O)(=O)C(F)(F)F)CC1)(c1ccccc1)c1ccccc1. The molecule has 1 aliphatic rings. The molecule has 0 spiro atoms. The molecule has 17 heteroatoms. The molecule has 3 N–H and O–H groups in total. The molecule has 0 aromatic heterocycles. The van der Waals surface area contributed by atoms with Crippen molar-refractivity contribution in [2.45, 2.75) is 64.6 Å². The number of nitrogens with two attached hydrogens (primary N) is 1. The first-order chi connectivity index (χ1) is 26.8. The van der Waals surface area contributed by atoms with Crippen LogP contribution in [0, 0.1) is 0 Å². The number of nitrogens with zero attached hydrogens (tertiary/aromatic N) is 2. The number of alkyl halides is 4. The van der Waals surface area contributed by atoms with Crippen LogP contribution in [0.3, 0.4) is 0 Å². The number of sulfonamides is 1. The van der Waals surface area contributed by atoms with Gasteiger partial charge < -0.3 is 14.6 Å². The van der Waals surface area contributed by atoms with Crippen LogP contribution in [0.5, 0.6) is 0 Å². The number of hydrogen-bond donors (Lipinski definition) is 2. The molecule has 57 heavy (non-hydrogen) atoms. The molecule has 1 saturated heterocycles. The second kappa shape index (κ2) is 18.7. The Morgan fingerprint density at radius 1 is 0.807 bits per heavy atom. The predicted octanol–water partition coefficient (Wildman–Crippen LogP) is 6.12. The van der Waals surface area contributed by atoms with Crippen molar-refractivity contribution in [1.29, 1.82) is 0 Å². The molecule has 2 atom stereocenters. The Morgan fingerprint density at radius 2 is 1.33 bits per heavy atom. The van der Waals surface area contributed by atoms with Crippen molar-refractivity contribution < 1.29 is 38.8 Å². The van der Waals surface area contributed by atoms with Crippen molar-refractivity contribution in [1.82, 2.24) is 9.80 Å². The van der Waals surface area contributed by atoms with Crippen LogP contribution < -0.4 is 20.8 Å². The highest BCUT2D eigenvalue weighted by Gasteiger charge is 2.52. The maximum Gasteiger partial charge on any atom is 0.501 e. The van der Waals surface area contributed by atoms with Gasteiger partial charge >= 0.3 is 5.51 Å². The van der Waals surface area contributed by atoms with Crippen molar-refractivity contribution in [3.8, 4) is 0 Å². The van der Waals surface area contributed by atoms with Crippen molar-refractivity contribution in [3.05, 3.63) is 109 Å². The van der Waals surface area contributed by atoms with Crippen LogP contribution in [0.1, 0.15) is 27.2 Å². The van der Waals surface area contributed by atoms with Crippen LogP contribution in [0.15, 0.2) is 124 Å². The topological polar surface area (TPSA) is 122 Å². The largest absolute Gasteiger partial charge is 0.501 e. The molecule has 0 unspecified atom stereocenters. The van der Waals surface area contributed by atoms with E-state index >= 15 is 0 Å². The zero-order chi connectivity index (χ0) is 41.5. The maximum atomic E-state index is 15.0. The third-order valence-electron chi connectivity index (χ3n) is 10.1. The fourth-order valence-electron chi connectivity index (χ4n) is 7.16. The Bertz CT molecular complexity index is 2080. The highest BCUT2D eigenvalue weighted by molar-refractivity contribution is 7.99. The van der Waals surface area contributed by atoms with Gasteiger partial charge in [0, 0.05) is 56.0 Å². The first-order valence-electron chi connectivity index (χ1n) is 18.6. The smallest absolute Gasteiger partial charge is 0.400 e. The van der Waals surface area contributed by atoms with Crippen LogP contribution in [0.4, 0.5) is 23.2 Å². The molecule has 4 aromatic carbocycles. The summed E-state index contributed by atoms with van der Waals surface area (Å²) < 4.78 is 113. The molecule has 9 nitrogen and oxygen atoms in total. The van der Waals surface area contributed by atoms with Crippen LogP contribution >= 0.6 is 11.8 Å². The predicted molar refractivity (Wildman–Crippen MR) is 222 cm³/mol. The quantitative estimate of drug-likeness (QED) is 0.0735. The van der Waals surface area contributed by atoms with Gasteiger partial charge in [-0.15, -0.1) is 11.8 Å². The van der Waals surface area contributed by atoms with Gasteiger partial charge in [-0.25, -0.2) is 26.4 Å². The van der Waals surface area contributed by atoms with Crippen LogP contribution in [-0.2, 0) is 24.3 Å². The van der Waals surface area contributed by atoms with Gasteiger partial charge in [-0.3, -0.25) is 4.90 Å². The van der Waals surface area contributed by atoms with Crippen LogP contribution in [-0.4, -0.2) is 104 Å². The average Bonchev–Trinajstić information content (AvgIpc) is 3.17. The van der Waals surface area contributed by atoms with Gasteiger partial charge in [0.05, 0.1) is 16.7 Å². The molecular weight excluding hydrogens is 817 g/mol. The standard InChI is InChI=1S/C40H50F4N4O5S3Si/c1-39(2,3)57(35-15-9-5-10-16-35,36-17-11-6-12-18-36)53-32(28-41)29-48-25-23-47(24-26-48)22-21-31(30-54-33-13-7-4-8-14-33)46-37-20-19-34(56(45,51)52)27-38(37)55(49,50)40(42,43)44/h4-20,27,31-32,46H,21-26,28-30H2,1-3H3,(H2,45,51,52)/t31-,32-/m1/s1. The van der Waals surface area contributed by atoms with E-state index in [-0.39, 0.29) is 10.7 Å². The number of benzene rings is 4. The molecule has 0 amide bonds. The molecule has 1 heterocycles. The number of halogens is 4. The summed E-state index contributed by atoms with van der Waals surface area (Å²) in [7, 11) is -13.4. The Hall–Kier alpha value is -3.29. The van der Waals surface area contributed by atoms with Gasteiger partial charge in [-0.2, -0.15) is 13.2 Å². The first kappa shape index (κ1) is 44.8. The highest BCUT2D eigenvalue weighted by atomic mass is 32.2. The Balaban J connectivity index is 1.29. The van der Waals surface area contributed by atoms with Gasteiger partial charge in [-0.1, -0.05) is 99.6 Å². The molecule has 0 bridgehead atoms. The summed E-state index contributed by atoms with van der Waals surface area (Å²) >= 11 is 1.45. The van der Waals surface area contributed by atoms with E-state index in [1.54, 1.807) is 0 Å². The number of anilines is 1. The fourth-order valence-corrected chi connectivity index (χ4v) is 14.4.